The third kappa shape index (κ3) is 3.38. The van der Waals surface area contributed by atoms with Crippen LogP contribution in [0.15, 0.2) is 28.7 Å². The molecule has 4 heteroatoms. The zero-order chi connectivity index (χ0) is 14.8. The Kier molecular flexibility index (Phi) is 4.45. The average molecular weight is 279 g/mol. The van der Waals surface area contributed by atoms with Gasteiger partial charge in [0.15, 0.2) is 0 Å². The Balaban J connectivity index is 2.31. The molecule has 1 N–H and O–H groups in total. The summed E-state index contributed by atoms with van der Waals surface area (Å²) in [5, 5.41) is 4.19. The van der Waals surface area contributed by atoms with Crippen LogP contribution in [0.4, 0.5) is 4.39 Å². The Labute approximate surface area is 119 Å². The summed E-state index contributed by atoms with van der Waals surface area (Å²) in [6, 6.07) is 6.52. The van der Waals surface area contributed by atoms with Gasteiger partial charge in [-0.25, -0.2) is 4.39 Å². The summed E-state index contributed by atoms with van der Waals surface area (Å²) >= 11 is 0. The molecular formula is C16H22FNO2. The molecule has 0 saturated heterocycles. The normalized spacial score (nSPS) is 13.8. The zero-order valence-electron chi connectivity index (χ0n) is 12.5. The maximum Gasteiger partial charge on any atom is 0.134 e. The fraction of sp³-hybridized carbons (Fsp3) is 0.500. The van der Waals surface area contributed by atoms with E-state index in [9.17, 15) is 4.39 Å². The highest BCUT2D eigenvalue weighted by Crippen LogP contribution is 2.30. The van der Waals surface area contributed by atoms with E-state index in [2.05, 4.69) is 12.2 Å². The number of benzene rings is 1. The van der Waals surface area contributed by atoms with Gasteiger partial charge in [0, 0.05) is 12.5 Å². The minimum absolute atomic E-state index is 0.0467. The van der Waals surface area contributed by atoms with E-state index < -0.39 is 0 Å². The van der Waals surface area contributed by atoms with E-state index >= 15 is 0 Å². The summed E-state index contributed by atoms with van der Waals surface area (Å²) in [4.78, 5) is 0. The molecule has 1 atom stereocenters. The van der Waals surface area contributed by atoms with Crippen LogP contribution in [0.2, 0.25) is 0 Å². The predicted molar refractivity (Wildman–Crippen MR) is 78.3 cm³/mol. The van der Waals surface area contributed by atoms with E-state index in [4.69, 9.17) is 9.15 Å². The number of hydrogen-bond acceptors (Lipinski definition) is 3. The Morgan fingerprint density at radius 1 is 1.35 bits per heavy atom. The molecule has 1 heterocycles. The molecule has 2 rings (SSSR count). The largest absolute Gasteiger partial charge is 0.459 e. The summed E-state index contributed by atoms with van der Waals surface area (Å²) < 4.78 is 24.6. The lowest BCUT2D eigenvalue weighted by Crippen LogP contribution is -2.31. The summed E-state index contributed by atoms with van der Waals surface area (Å²) in [5.74, 6) is 0.569. The van der Waals surface area contributed by atoms with Crippen molar-refractivity contribution < 1.29 is 13.5 Å². The fourth-order valence-corrected chi connectivity index (χ4v) is 2.30. The van der Waals surface area contributed by atoms with Gasteiger partial charge in [0.2, 0.25) is 0 Å². The lowest BCUT2D eigenvalue weighted by Gasteiger charge is -2.27. The molecule has 1 aromatic carbocycles. The molecule has 0 aliphatic rings. The second-order valence-electron chi connectivity index (χ2n) is 5.61. The van der Waals surface area contributed by atoms with Crippen LogP contribution in [0.3, 0.4) is 0 Å². The molecule has 20 heavy (non-hydrogen) atoms. The van der Waals surface area contributed by atoms with Gasteiger partial charge >= 0.3 is 0 Å². The molecule has 1 aromatic heterocycles. The van der Waals surface area contributed by atoms with Crippen molar-refractivity contribution in [2.75, 3.05) is 13.7 Å². The van der Waals surface area contributed by atoms with Gasteiger partial charge in [0.25, 0.3) is 0 Å². The molecule has 0 aliphatic heterocycles. The minimum Gasteiger partial charge on any atom is -0.459 e. The van der Waals surface area contributed by atoms with Crippen LogP contribution in [-0.4, -0.2) is 19.3 Å². The maximum atomic E-state index is 13.2. The first-order chi connectivity index (χ1) is 9.45. The van der Waals surface area contributed by atoms with Crippen molar-refractivity contribution in [1.82, 2.24) is 5.32 Å². The lowest BCUT2D eigenvalue weighted by molar-refractivity contribution is 0.00529. The van der Waals surface area contributed by atoms with Gasteiger partial charge in [0.05, 0.1) is 11.6 Å². The van der Waals surface area contributed by atoms with E-state index in [1.807, 2.05) is 19.9 Å². The zero-order valence-corrected chi connectivity index (χ0v) is 12.5. The van der Waals surface area contributed by atoms with Crippen LogP contribution < -0.4 is 5.32 Å². The first-order valence-electron chi connectivity index (χ1n) is 6.92. The Morgan fingerprint density at radius 2 is 2.10 bits per heavy atom. The average Bonchev–Trinajstić information content (AvgIpc) is 2.81. The third-order valence-electron chi connectivity index (χ3n) is 3.54. The molecule has 2 aromatic rings. The number of furan rings is 1. The van der Waals surface area contributed by atoms with Gasteiger partial charge in [-0.3, -0.25) is 0 Å². The topological polar surface area (TPSA) is 34.4 Å². The molecule has 0 bridgehead atoms. The van der Waals surface area contributed by atoms with Crippen LogP contribution in [0, 0.1) is 5.82 Å². The first-order valence-corrected chi connectivity index (χ1v) is 6.92. The maximum absolute atomic E-state index is 13.2. The number of rotatable bonds is 6. The summed E-state index contributed by atoms with van der Waals surface area (Å²) in [5.41, 5.74) is 0.455. The number of hydrogen-bond donors (Lipinski definition) is 1. The van der Waals surface area contributed by atoms with E-state index in [1.165, 1.54) is 12.1 Å². The first kappa shape index (κ1) is 15.0. The smallest absolute Gasteiger partial charge is 0.134 e. The van der Waals surface area contributed by atoms with Crippen molar-refractivity contribution in [1.29, 1.82) is 0 Å². The highest BCUT2D eigenvalue weighted by atomic mass is 19.1. The number of ether oxygens (including phenoxy) is 1. The van der Waals surface area contributed by atoms with Crippen molar-refractivity contribution >= 4 is 11.0 Å². The Bertz CT molecular complexity index is 577. The predicted octanol–water partition coefficient (Wildman–Crippen LogP) is 4.04. The molecule has 0 aliphatic carbocycles. The van der Waals surface area contributed by atoms with Crippen molar-refractivity contribution in [2.45, 2.75) is 38.8 Å². The van der Waals surface area contributed by atoms with Gasteiger partial charge < -0.3 is 14.5 Å². The number of methoxy groups -OCH3 is 1. The van der Waals surface area contributed by atoms with Gasteiger partial charge in [-0.1, -0.05) is 6.92 Å². The van der Waals surface area contributed by atoms with E-state index in [0.29, 0.717) is 5.58 Å². The summed E-state index contributed by atoms with van der Waals surface area (Å²) in [6.45, 7) is 6.96. The monoisotopic (exact) mass is 279 g/mol. The highest BCUT2D eigenvalue weighted by Gasteiger charge is 2.25. The van der Waals surface area contributed by atoms with Crippen LogP contribution in [0.1, 0.15) is 39.0 Å². The molecule has 0 saturated carbocycles. The van der Waals surface area contributed by atoms with E-state index in [0.717, 1.165) is 24.1 Å². The fourth-order valence-electron chi connectivity index (χ4n) is 2.30. The second kappa shape index (κ2) is 5.94. The molecule has 1 unspecified atom stereocenters. The van der Waals surface area contributed by atoms with Crippen LogP contribution >= 0.6 is 0 Å². The molecular weight excluding hydrogens is 257 g/mol. The number of fused-ring (bicyclic) bond motifs is 1. The van der Waals surface area contributed by atoms with Crippen molar-refractivity contribution in [2.24, 2.45) is 0 Å². The summed E-state index contributed by atoms with van der Waals surface area (Å²) in [7, 11) is 1.71. The lowest BCUT2D eigenvalue weighted by atomic mass is 9.97. The molecule has 110 valence electrons. The molecule has 3 nitrogen and oxygen atoms in total. The van der Waals surface area contributed by atoms with E-state index in [-0.39, 0.29) is 17.5 Å². The quantitative estimate of drug-likeness (QED) is 0.866. The van der Waals surface area contributed by atoms with Crippen molar-refractivity contribution in [3.63, 3.8) is 0 Å². The number of nitrogens with one attached hydrogen (secondary N) is 1. The Hall–Kier alpha value is -1.39. The minimum atomic E-state index is -0.253. The van der Waals surface area contributed by atoms with Crippen LogP contribution in [-0.2, 0) is 4.74 Å². The molecule has 0 amide bonds. The van der Waals surface area contributed by atoms with Crippen LogP contribution in [0.25, 0.3) is 11.0 Å². The van der Waals surface area contributed by atoms with Crippen LogP contribution in [0.5, 0.6) is 0 Å². The van der Waals surface area contributed by atoms with E-state index in [1.54, 1.807) is 13.2 Å². The standard InChI is InChI=1S/C16H22FNO2/c1-5-18-13(10-16(2,3)19-4)15-9-11-8-12(17)6-7-14(11)20-15/h6-9,13,18H,5,10H2,1-4H3. The highest BCUT2D eigenvalue weighted by molar-refractivity contribution is 5.78. The van der Waals surface area contributed by atoms with Gasteiger partial charge in [0.1, 0.15) is 17.2 Å². The SMILES string of the molecule is CCNC(CC(C)(C)OC)c1cc2cc(F)ccc2o1. The summed E-state index contributed by atoms with van der Waals surface area (Å²) in [6.07, 6.45) is 0.777. The van der Waals surface area contributed by atoms with Gasteiger partial charge in [-0.2, -0.15) is 0 Å². The Morgan fingerprint density at radius 3 is 2.75 bits per heavy atom. The molecule has 0 radical (unpaired) electrons. The second-order valence-corrected chi connectivity index (χ2v) is 5.61. The van der Waals surface area contributed by atoms with Gasteiger partial charge in [-0.15, -0.1) is 0 Å². The number of halogens is 1. The third-order valence-corrected chi connectivity index (χ3v) is 3.54. The van der Waals surface area contributed by atoms with Crippen molar-refractivity contribution in [3.05, 3.63) is 35.8 Å². The molecule has 0 spiro atoms. The van der Waals surface area contributed by atoms with Gasteiger partial charge in [-0.05, 0) is 51.1 Å². The molecule has 0 fully saturated rings. The van der Waals surface area contributed by atoms with Crippen molar-refractivity contribution in [3.8, 4) is 0 Å².